The Hall–Kier alpha value is -1.42. The lowest BCUT2D eigenvalue weighted by atomic mass is 9.82. The van der Waals surface area contributed by atoms with Crippen LogP contribution in [0.25, 0.3) is 0 Å². The van der Waals surface area contributed by atoms with Crippen LogP contribution >= 0.6 is 0 Å². The first kappa shape index (κ1) is 14.0. The first-order chi connectivity index (χ1) is 9.10. The average Bonchev–Trinajstić information content (AvgIpc) is 2.39. The van der Waals surface area contributed by atoms with Crippen LogP contribution in [0.4, 0.5) is 4.39 Å². The molecule has 2 atom stereocenters. The highest BCUT2D eigenvalue weighted by atomic mass is 19.1. The van der Waals surface area contributed by atoms with Gasteiger partial charge >= 0.3 is 0 Å². The molecule has 1 saturated carbocycles. The zero-order valence-corrected chi connectivity index (χ0v) is 11.2. The van der Waals surface area contributed by atoms with Gasteiger partial charge in [-0.25, -0.2) is 4.39 Å². The molecule has 3 nitrogen and oxygen atoms in total. The van der Waals surface area contributed by atoms with E-state index >= 15 is 0 Å². The molecule has 2 N–H and O–H groups in total. The van der Waals surface area contributed by atoms with Gasteiger partial charge in [-0.3, -0.25) is 4.79 Å². The van der Waals surface area contributed by atoms with Gasteiger partial charge in [-0.15, -0.1) is 0 Å². The van der Waals surface area contributed by atoms with Crippen LogP contribution in [-0.4, -0.2) is 18.9 Å². The van der Waals surface area contributed by atoms with Gasteiger partial charge in [-0.05, 0) is 37.0 Å². The van der Waals surface area contributed by atoms with Crippen LogP contribution in [0.3, 0.4) is 0 Å². The molecule has 0 radical (unpaired) electrons. The zero-order chi connectivity index (χ0) is 13.8. The van der Waals surface area contributed by atoms with Gasteiger partial charge in [0, 0.05) is 18.4 Å². The molecule has 0 aromatic heterocycles. The maximum atomic E-state index is 13.5. The molecule has 1 fully saturated rings. The van der Waals surface area contributed by atoms with Crippen LogP contribution in [0, 0.1) is 11.7 Å². The van der Waals surface area contributed by atoms with E-state index in [4.69, 9.17) is 10.5 Å². The molecule has 4 heteroatoms. The van der Waals surface area contributed by atoms with Crippen molar-refractivity contribution in [3.63, 3.8) is 0 Å². The highest BCUT2D eigenvalue weighted by Crippen LogP contribution is 2.26. The molecule has 0 amide bonds. The largest absolute Gasteiger partial charge is 0.494 e. The molecule has 2 rings (SSSR count). The monoisotopic (exact) mass is 265 g/mol. The molecule has 0 spiro atoms. The van der Waals surface area contributed by atoms with Crippen molar-refractivity contribution in [3.05, 3.63) is 29.6 Å². The third kappa shape index (κ3) is 3.53. The molecule has 1 aliphatic rings. The summed E-state index contributed by atoms with van der Waals surface area (Å²) in [6.07, 6.45) is 3.95. The first-order valence-electron chi connectivity index (χ1n) is 6.71. The molecule has 0 bridgehead atoms. The Morgan fingerprint density at radius 1 is 1.47 bits per heavy atom. The van der Waals surface area contributed by atoms with Crippen LogP contribution < -0.4 is 10.5 Å². The molecular weight excluding hydrogens is 245 g/mol. The van der Waals surface area contributed by atoms with Crippen molar-refractivity contribution in [1.82, 2.24) is 0 Å². The van der Waals surface area contributed by atoms with Crippen LogP contribution in [0.15, 0.2) is 18.2 Å². The second-order valence-corrected chi connectivity index (χ2v) is 5.24. The van der Waals surface area contributed by atoms with Gasteiger partial charge in [-0.2, -0.15) is 0 Å². The topological polar surface area (TPSA) is 52.3 Å². The number of hydrogen-bond donors (Lipinski definition) is 1. The Morgan fingerprint density at radius 2 is 2.26 bits per heavy atom. The zero-order valence-electron chi connectivity index (χ0n) is 11.2. The maximum absolute atomic E-state index is 13.5. The van der Waals surface area contributed by atoms with Crippen LogP contribution in [-0.2, 0) is 11.2 Å². The lowest BCUT2D eigenvalue weighted by Crippen LogP contribution is -2.32. The van der Waals surface area contributed by atoms with E-state index < -0.39 is 5.82 Å². The normalized spacial score (nSPS) is 23.1. The molecule has 1 aromatic rings. The number of rotatable bonds is 4. The van der Waals surface area contributed by atoms with Crippen molar-refractivity contribution in [3.8, 4) is 5.75 Å². The van der Waals surface area contributed by atoms with Crippen molar-refractivity contribution >= 4 is 5.78 Å². The number of ketones is 1. The molecule has 0 saturated heterocycles. The van der Waals surface area contributed by atoms with Crippen molar-refractivity contribution in [2.45, 2.75) is 38.1 Å². The van der Waals surface area contributed by atoms with Crippen molar-refractivity contribution < 1.29 is 13.9 Å². The molecule has 104 valence electrons. The van der Waals surface area contributed by atoms with Gasteiger partial charge in [0.25, 0.3) is 0 Å². The number of carbonyl (C=O) groups is 1. The summed E-state index contributed by atoms with van der Waals surface area (Å²) in [4.78, 5) is 12.2. The van der Waals surface area contributed by atoms with Gasteiger partial charge in [0.15, 0.2) is 11.6 Å². The summed E-state index contributed by atoms with van der Waals surface area (Å²) in [7, 11) is 1.42. The van der Waals surface area contributed by atoms with E-state index in [0.717, 1.165) is 25.7 Å². The molecule has 1 aromatic carbocycles. The third-order valence-corrected chi connectivity index (χ3v) is 3.76. The smallest absolute Gasteiger partial charge is 0.165 e. The second kappa shape index (κ2) is 6.15. The molecule has 0 aliphatic heterocycles. The first-order valence-corrected chi connectivity index (χ1v) is 6.71. The van der Waals surface area contributed by atoms with Gasteiger partial charge in [0.1, 0.15) is 5.78 Å². The molecule has 2 unspecified atom stereocenters. The second-order valence-electron chi connectivity index (χ2n) is 5.24. The highest BCUT2D eigenvalue weighted by molar-refractivity contribution is 5.83. The number of nitrogens with two attached hydrogens (primary N) is 1. The van der Waals surface area contributed by atoms with E-state index in [-0.39, 0.29) is 29.9 Å². The summed E-state index contributed by atoms with van der Waals surface area (Å²) in [5.74, 6) is -0.0161. The number of carbonyl (C=O) groups excluding carboxylic acids is 1. The molecule has 19 heavy (non-hydrogen) atoms. The van der Waals surface area contributed by atoms with Crippen molar-refractivity contribution in [2.24, 2.45) is 11.7 Å². The van der Waals surface area contributed by atoms with E-state index in [1.165, 1.54) is 13.2 Å². The minimum absolute atomic E-state index is 0.0360. The summed E-state index contributed by atoms with van der Waals surface area (Å²) in [6.45, 7) is 0. The van der Waals surface area contributed by atoms with Crippen LogP contribution in [0.2, 0.25) is 0 Å². The number of Topliss-reactive ketones (excluding diaryl/α,β-unsaturated/α-hetero) is 1. The number of benzene rings is 1. The van der Waals surface area contributed by atoms with E-state index in [1.807, 2.05) is 0 Å². The summed E-state index contributed by atoms with van der Waals surface area (Å²) >= 11 is 0. The van der Waals surface area contributed by atoms with E-state index in [9.17, 15) is 9.18 Å². The Morgan fingerprint density at radius 3 is 2.89 bits per heavy atom. The van der Waals surface area contributed by atoms with Gasteiger partial charge < -0.3 is 10.5 Å². The summed E-state index contributed by atoms with van der Waals surface area (Å²) < 4.78 is 18.4. The van der Waals surface area contributed by atoms with Crippen molar-refractivity contribution in [2.75, 3.05) is 7.11 Å². The minimum Gasteiger partial charge on any atom is -0.494 e. The number of hydrogen-bond acceptors (Lipinski definition) is 3. The SMILES string of the molecule is COc1ccc(CC(=O)C2CCCC(N)C2)cc1F. The fourth-order valence-electron chi connectivity index (χ4n) is 2.69. The summed E-state index contributed by atoms with van der Waals surface area (Å²) in [5.41, 5.74) is 6.59. The number of halogens is 1. The standard InChI is InChI=1S/C15H20FNO2/c1-19-15-6-5-10(7-13(15)16)8-14(18)11-3-2-4-12(17)9-11/h5-7,11-12H,2-4,8-9,17H2,1H3. The molecule has 0 heterocycles. The maximum Gasteiger partial charge on any atom is 0.165 e. The predicted octanol–water partition coefficient (Wildman–Crippen LogP) is 2.46. The number of methoxy groups -OCH3 is 1. The average molecular weight is 265 g/mol. The molecular formula is C15H20FNO2. The molecule has 1 aliphatic carbocycles. The summed E-state index contributed by atoms with van der Waals surface area (Å²) in [5, 5.41) is 0. The fraction of sp³-hybridized carbons (Fsp3) is 0.533. The van der Waals surface area contributed by atoms with Gasteiger partial charge in [0.2, 0.25) is 0 Å². The predicted molar refractivity (Wildman–Crippen MR) is 71.6 cm³/mol. The third-order valence-electron chi connectivity index (χ3n) is 3.76. The van der Waals surface area contributed by atoms with E-state index in [2.05, 4.69) is 0 Å². The van der Waals surface area contributed by atoms with Crippen LogP contribution in [0.5, 0.6) is 5.75 Å². The van der Waals surface area contributed by atoms with E-state index in [0.29, 0.717) is 5.56 Å². The lowest BCUT2D eigenvalue weighted by Gasteiger charge is -2.25. The van der Waals surface area contributed by atoms with Gasteiger partial charge in [-0.1, -0.05) is 12.5 Å². The summed E-state index contributed by atoms with van der Waals surface area (Å²) in [6, 6.07) is 4.81. The Labute approximate surface area is 112 Å². The van der Waals surface area contributed by atoms with Gasteiger partial charge in [0.05, 0.1) is 7.11 Å². The van der Waals surface area contributed by atoms with Crippen molar-refractivity contribution in [1.29, 1.82) is 0 Å². The van der Waals surface area contributed by atoms with E-state index in [1.54, 1.807) is 12.1 Å². The highest BCUT2D eigenvalue weighted by Gasteiger charge is 2.25. The van der Waals surface area contributed by atoms with Crippen LogP contribution in [0.1, 0.15) is 31.2 Å². The minimum atomic E-state index is -0.423. The Balaban J connectivity index is 2.00. The number of ether oxygens (including phenoxy) is 1. The lowest BCUT2D eigenvalue weighted by molar-refractivity contribution is -0.123. The quantitative estimate of drug-likeness (QED) is 0.909. The fourth-order valence-corrected chi connectivity index (χ4v) is 2.69. The Kier molecular flexibility index (Phi) is 4.53. The Bertz CT molecular complexity index is 461.